The van der Waals surface area contributed by atoms with Crippen LogP contribution in [0.2, 0.25) is 0 Å². The molecule has 0 bridgehead atoms. The van der Waals surface area contributed by atoms with Crippen LogP contribution in [-0.2, 0) is 16.0 Å². The third-order valence-electron chi connectivity index (χ3n) is 7.19. The fourth-order valence-corrected chi connectivity index (χ4v) is 5.31. The monoisotopic (exact) mass is 500 g/mol. The van der Waals surface area contributed by atoms with E-state index in [0.29, 0.717) is 12.4 Å². The van der Waals surface area contributed by atoms with Crippen LogP contribution in [0.5, 0.6) is 5.75 Å². The van der Waals surface area contributed by atoms with Crippen molar-refractivity contribution >= 4 is 12.1 Å². The number of likely N-dealkylation sites (tertiary alicyclic amines) is 1. The maximum Gasteiger partial charge on any atom is 0.407 e. The Morgan fingerprint density at radius 2 is 1.54 bits per heavy atom. The van der Waals surface area contributed by atoms with Gasteiger partial charge in [-0.3, -0.25) is 4.90 Å². The molecule has 0 radical (unpaired) electrons. The molecule has 1 fully saturated rings. The van der Waals surface area contributed by atoms with Crippen molar-refractivity contribution in [1.29, 1.82) is 0 Å². The van der Waals surface area contributed by atoms with Gasteiger partial charge in [-0.25, -0.2) is 9.59 Å². The molecule has 3 aromatic carbocycles. The summed E-state index contributed by atoms with van der Waals surface area (Å²) in [5.41, 5.74) is 5.21. The van der Waals surface area contributed by atoms with Gasteiger partial charge in [-0.05, 0) is 59.8 Å². The number of carboxylic acids is 1. The Labute approximate surface area is 217 Å². The quantitative estimate of drug-likeness (QED) is 0.420. The van der Waals surface area contributed by atoms with E-state index in [0.717, 1.165) is 47.5 Å². The molecule has 7 nitrogen and oxygen atoms in total. The highest BCUT2D eigenvalue weighted by atomic mass is 16.5. The van der Waals surface area contributed by atoms with Gasteiger partial charge in [0.25, 0.3) is 0 Å². The lowest BCUT2D eigenvalue weighted by molar-refractivity contribution is -0.139. The van der Waals surface area contributed by atoms with E-state index in [1.54, 1.807) is 0 Å². The number of alkyl carbamates (subject to hydrolysis) is 1. The number of ether oxygens (including phenoxy) is 2. The Hall–Kier alpha value is -3.84. The normalized spacial score (nSPS) is 15.6. The standard InChI is InChI=1S/C30H32N2O5/c33-29(34)27(19-21-9-1-6-14-28(21)36-18-17-32-15-7-8-16-32)31-30(35)37-20-26-24-12-4-2-10-22(24)23-11-3-5-13-25(23)26/h1-6,9-14,26-27H,7-8,15-20H2,(H,31,35)(H,33,34). The summed E-state index contributed by atoms with van der Waals surface area (Å²) in [7, 11) is 0. The number of benzene rings is 3. The average Bonchev–Trinajstić information content (AvgIpc) is 3.54. The van der Waals surface area contributed by atoms with Crippen LogP contribution in [0.15, 0.2) is 72.8 Å². The lowest BCUT2D eigenvalue weighted by atomic mass is 9.98. The first-order chi connectivity index (χ1) is 18.1. The van der Waals surface area contributed by atoms with Crippen LogP contribution in [0, 0.1) is 0 Å². The lowest BCUT2D eigenvalue weighted by Crippen LogP contribution is -2.43. The third-order valence-corrected chi connectivity index (χ3v) is 7.19. The highest BCUT2D eigenvalue weighted by molar-refractivity contribution is 5.81. The molecule has 7 heteroatoms. The number of nitrogens with zero attached hydrogens (tertiary/aromatic N) is 1. The Balaban J connectivity index is 1.20. The molecular weight excluding hydrogens is 468 g/mol. The molecule has 2 N–H and O–H groups in total. The van der Waals surface area contributed by atoms with Gasteiger partial charge < -0.3 is 19.9 Å². The predicted octanol–water partition coefficient (Wildman–Crippen LogP) is 4.70. The maximum absolute atomic E-state index is 12.7. The molecule has 1 amide bonds. The summed E-state index contributed by atoms with van der Waals surface area (Å²) in [6, 6.07) is 22.4. The van der Waals surface area contributed by atoms with Crippen molar-refractivity contribution < 1.29 is 24.2 Å². The van der Waals surface area contributed by atoms with Crippen molar-refractivity contribution in [1.82, 2.24) is 10.2 Å². The van der Waals surface area contributed by atoms with Gasteiger partial charge in [-0.2, -0.15) is 0 Å². The van der Waals surface area contributed by atoms with E-state index in [1.807, 2.05) is 60.7 Å². The summed E-state index contributed by atoms with van der Waals surface area (Å²) in [4.78, 5) is 27.1. The van der Waals surface area contributed by atoms with E-state index in [1.165, 1.54) is 12.8 Å². The van der Waals surface area contributed by atoms with Gasteiger partial charge in [0.1, 0.15) is 25.0 Å². The molecule has 192 valence electrons. The largest absolute Gasteiger partial charge is 0.492 e. The zero-order valence-electron chi connectivity index (χ0n) is 20.8. The first-order valence-corrected chi connectivity index (χ1v) is 12.9. The molecule has 37 heavy (non-hydrogen) atoms. The Morgan fingerprint density at radius 3 is 2.22 bits per heavy atom. The number of nitrogens with one attached hydrogen (secondary N) is 1. The number of rotatable bonds is 10. The summed E-state index contributed by atoms with van der Waals surface area (Å²) in [5.74, 6) is -0.575. The molecule has 2 aliphatic rings. The highest BCUT2D eigenvalue weighted by Gasteiger charge is 2.30. The maximum atomic E-state index is 12.7. The number of aliphatic carboxylic acids is 1. The number of fused-ring (bicyclic) bond motifs is 3. The van der Waals surface area contributed by atoms with Gasteiger partial charge in [-0.1, -0.05) is 66.7 Å². The zero-order chi connectivity index (χ0) is 25.6. The van der Waals surface area contributed by atoms with E-state index in [4.69, 9.17) is 9.47 Å². The summed E-state index contributed by atoms with van der Waals surface area (Å²) in [6.45, 7) is 3.69. The summed E-state index contributed by atoms with van der Waals surface area (Å²) in [5, 5.41) is 12.4. The third kappa shape index (κ3) is 5.78. The number of carbonyl (C=O) groups is 2. The molecule has 1 aliphatic heterocycles. The summed E-state index contributed by atoms with van der Waals surface area (Å²) < 4.78 is 11.5. The van der Waals surface area contributed by atoms with Crippen LogP contribution >= 0.6 is 0 Å². The van der Waals surface area contributed by atoms with Crippen molar-refractivity contribution in [2.75, 3.05) is 32.8 Å². The van der Waals surface area contributed by atoms with Crippen molar-refractivity contribution in [3.8, 4) is 16.9 Å². The lowest BCUT2D eigenvalue weighted by Gasteiger charge is -2.19. The predicted molar refractivity (Wildman–Crippen MR) is 141 cm³/mol. The minimum atomic E-state index is -1.14. The van der Waals surface area contributed by atoms with Crippen molar-refractivity contribution in [3.63, 3.8) is 0 Å². The van der Waals surface area contributed by atoms with E-state index >= 15 is 0 Å². The molecule has 0 aromatic heterocycles. The molecule has 1 heterocycles. The van der Waals surface area contributed by atoms with Crippen LogP contribution in [0.25, 0.3) is 11.1 Å². The van der Waals surface area contributed by atoms with Crippen LogP contribution in [0.3, 0.4) is 0 Å². The zero-order valence-corrected chi connectivity index (χ0v) is 20.8. The SMILES string of the molecule is O=C(NC(Cc1ccccc1OCCN1CCCC1)C(=O)O)OCC1c2ccccc2-c2ccccc21. The second-order valence-corrected chi connectivity index (χ2v) is 9.57. The van der Waals surface area contributed by atoms with Crippen molar-refractivity contribution in [3.05, 3.63) is 89.5 Å². The summed E-state index contributed by atoms with van der Waals surface area (Å²) in [6.07, 6.45) is 1.79. The molecule has 1 unspecified atom stereocenters. The van der Waals surface area contributed by atoms with Crippen LogP contribution in [0.1, 0.15) is 35.4 Å². The number of para-hydroxylation sites is 1. The number of amides is 1. The molecule has 1 aliphatic carbocycles. The van der Waals surface area contributed by atoms with Gasteiger partial charge >= 0.3 is 12.1 Å². The molecular formula is C30H32N2O5. The van der Waals surface area contributed by atoms with E-state index in [-0.39, 0.29) is 18.9 Å². The average molecular weight is 501 g/mol. The smallest absolute Gasteiger partial charge is 0.407 e. The minimum Gasteiger partial charge on any atom is -0.492 e. The fourth-order valence-electron chi connectivity index (χ4n) is 5.31. The molecule has 1 atom stereocenters. The Bertz CT molecular complexity index is 1210. The van der Waals surface area contributed by atoms with E-state index < -0.39 is 18.1 Å². The second kappa shape index (κ2) is 11.5. The summed E-state index contributed by atoms with van der Waals surface area (Å²) >= 11 is 0. The van der Waals surface area contributed by atoms with Crippen LogP contribution in [-0.4, -0.2) is 61.0 Å². The topological polar surface area (TPSA) is 88.1 Å². The van der Waals surface area contributed by atoms with Crippen LogP contribution in [0.4, 0.5) is 4.79 Å². The van der Waals surface area contributed by atoms with Gasteiger partial charge in [0.05, 0.1) is 0 Å². The molecule has 0 spiro atoms. The second-order valence-electron chi connectivity index (χ2n) is 9.57. The first-order valence-electron chi connectivity index (χ1n) is 12.9. The van der Waals surface area contributed by atoms with Gasteiger partial charge in [-0.15, -0.1) is 0 Å². The molecule has 3 aromatic rings. The van der Waals surface area contributed by atoms with Gasteiger partial charge in [0.15, 0.2) is 0 Å². The van der Waals surface area contributed by atoms with Crippen molar-refractivity contribution in [2.45, 2.75) is 31.2 Å². The Kier molecular flexibility index (Phi) is 7.70. The molecule has 5 rings (SSSR count). The van der Waals surface area contributed by atoms with Gasteiger partial charge in [0, 0.05) is 18.9 Å². The van der Waals surface area contributed by atoms with E-state index in [2.05, 4.69) is 22.3 Å². The highest BCUT2D eigenvalue weighted by Crippen LogP contribution is 2.44. The number of hydrogen-bond donors (Lipinski definition) is 2. The molecule has 0 saturated carbocycles. The number of carboxylic acid groups (broad SMARTS) is 1. The van der Waals surface area contributed by atoms with Crippen molar-refractivity contribution in [2.24, 2.45) is 0 Å². The number of carbonyl (C=O) groups excluding carboxylic acids is 1. The molecule has 1 saturated heterocycles. The minimum absolute atomic E-state index is 0.0915. The fraction of sp³-hybridized carbons (Fsp3) is 0.333. The van der Waals surface area contributed by atoms with Crippen LogP contribution < -0.4 is 10.1 Å². The Morgan fingerprint density at radius 1 is 0.919 bits per heavy atom. The number of hydrogen-bond acceptors (Lipinski definition) is 5. The van der Waals surface area contributed by atoms with E-state index in [9.17, 15) is 14.7 Å². The van der Waals surface area contributed by atoms with Gasteiger partial charge in [0.2, 0.25) is 0 Å². The first kappa shape index (κ1) is 24.8.